The van der Waals surface area contributed by atoms with Gasteiger partial charge in [0.1, 0.15) is 12.1 Å². The molecular formula is C12H10N4O. The quantitative estimate of drug-likeness (QED) is 0.672. The van der Waals surface area contributed by atoms with Crippen molar-refractivity contribution in [3.63, 3.8) is 0 Å². The van der Waals surface area contributed by atoms with Gasteiger partial charge in [0.25, 0.3) is 5.88 Å². The van der Waals surface area contributed by atoms with Gasteiger partial charge in [-0.2, -0.15) is 0 Å². The molecule has 0 radical (unpaired) electrons. The number of aryl methyl sites for hydroxylation is 1. The smallest absolute Gasteiger partial charge is 0.265 e. The molecule has 0 amide bonds. The molecule has 2 heterocycles. The van der Waals surface area contributed by atoms with Crippen LogP contribution in [0.3, 0.4) is 0 Å². The Hall–Kier alpha value is -2.43. The average Bonchev–Trinajstić information content (AvgIpc) is 2.81. The highest BCUT2D eigenvalue weighted by Gasteiger charge is 2.08. The Kier molecular flexibility index (Phi) is 2.22. The molecule has 5 heteroatoms. The van der Waals surface area contributed by atoms with Gasteiger partial charge in [0.05, 0.1) is 0 Å². The van der Waals surface area contributed by atoms with E-state index in [1.165, 1.54) is 0 Å². The van der Waals surface area contributed by atoms with Crippen molar-refractivity contribution in [3.05, 3.63) is 48.5 Å². The average molecular weight is 226 g/mol. The predicted molar refractivity (Wildman–Crippen MR) is 62.0 cm³/mol. The number of ether oxygens (including phenoxy) is 1. The number of aromatic nitrogens is 4. The molecule has 2 aromatic heterocycles. The van der Waals surface area contributed by atoms with E-state index in [2.05, 4.69) is 15.2 Å². The van der Waals surface area contributed by atoms with E-state index < -0.39 is 0 Å². The van der Waals surface area contributed by atoms with Crippen LogP contribution in [-0.2, 0) is 0 Å². The minimum absolute atomic E-state index is 0.458. The van der Waals surface area contributed by atoms with Gasteiger partial charge in [0.15, 0.2) is 0 Å². The fourth-order valence-corrected chi connectivity index (χ4v) is 1.58. The third kappa shape index (κ3) is 1.71. The minimum Gasteiger partial charge on any atom is -0.436 e. The van der Waals surface area contributed by atoms with E-state index in [4.69, 9.17) is 4.74 Å². The van der Waals surface area contributed by atoms with Crippen molar-refractivity contribution in [1.29, 1.82) is 0 Å². The first kappa shape index (κ1) is 9.77. The number of rotatable bonds is 2. The first-order chi connectivity index (χ1) is 8.34. The van der Waals surface area contributed by atoms with E-state index in [1.54, 1.807) is 23.1 Å². The number of hydrogen-bond donors (Lipinski definition) is 0. The van der Waals surface area contributed by atoms with E-state index in [-0.39, 0.29) is 0 Å². The van der Waals surface area contributed by atoms with Gasteiger partial charge in [-0.1, -0.05) is 18.2 Å². The fraction of sp³-hybridized carbons (Fsp3) is 0.0833. The van der Waals surface area contributed by atoms with Gasteiger partial charge in [-0.05, 0) is 18.6 Å². The Labute approximate surface area is 97.7 Å². The van der Waals surface area contributed by atoms with Gasteiger partial charge in [-0.3, -0.25) is 4.40 Å². The summed E-state index contributed by atoms with van der Waals surface area (Å²) in [5.41, 5.74) is 1.66. The van der Waals surface area contributed by atoms with Crippen molar-refractivity contribution >= 4 is 5.65 Å². The zero-order valence-corrected chi connectivity index (χ0v) is 9.24. The summed E-state index contributed by atoms with van der Waals surface area (Å²) >= 11 is 0. The molecule has 3 rings (SSSR count). The van der Waals surface area contributed by atoms with Crippen LogP contribution in [0.2, 0.25) is 0 Å². The maximum Gasteiger partial charge on any atom is 0.265 e. The molecule has 0 N–H and O–H groups in total. The second-order valence-corrected chi connectivity index (χ2v) is 3.66. The molecule has 1 aromatic carbocycles. The minimum atomic E-state index is 0.458. The molecule has 0 unspecified atom stereocenters. The summed E-state index contributed by atoms with van der Waals surface area (Å²) in [4.78, 5) is 4.17. The third-order valence-corrected chi connectivity index (χ3v) is 2.48. The van der Waals surface area contributed by atoms with Crippen LogP contribution in [0, 0.1) is 6.92 Å². The Morgan fingerprint density at radius 1 is 1.24 bits per heavy atom. The Morgan fingerprint density at radius 3 is 3.00 bits per heavy atom. The third-order valence-electron chi connectivity index (χ3n) is 2.48. The van der Waals surface area contributed by atoms with Crippen LogP contribution >= 0.6 is 0 Å². The Morgan fingerprint density at radius 2 is 2.12 bits per heavy atom. The summed E-state index contributed by atoms with van der Waals surface area (Å²) in [7, 11) is 0. The number of nitrogens with zero attached hydrogens (tertiary/aromatic N) is 4. The maximum absolute atomic E-state index is 5.75. The zero-order chi connectivity index (χ0) is 11.7. The van der Waals surface area contributed by atoms with Crippen molar-refractivity contribution in [2.24, 2.45) is 0 Å². The Balaban J connectivity index is 2.06. The van der Waals surface area contributed by atoms with Crippen molar-refractivity contribution in [2.75, 3.05) is 0 Å². The van der Waals surface area contributed by atoms with Crippen LogP contribution < -0.4 is 4.74 Å². The lowest BCUT2D eigenvalue weighted by molar-refractivity contribution is 0.461. The molecular weight excluding hydrogens is 216 g/mol. The number of benzene rings is 1. The lowest BCUT2D eigenvalue weighted by atomic mass is 10.2. The highest BCUT2D eigenvalue weighted by Crippen LogP contribution is 2.24. The highest BCUT2D eigenvalue weighted by molar-refractivity contribution is 5.50. The summed E-state index contributed by atoms with van der Waals surface area (Å²) in [6, 6.07) is 7.77. The summed E-state index contributed by atoms with van der Waals surface area (Å²) in [5, 5.41) is 7.79. The second-order valence-electron chi connectivity index (χ2n) is 3.66. The van der Waals surface area contributed by atoms with E-state index in [0.717, 1.165) is 11.3 Å². The monoisotopic (exact) mass is 226 g/mol. The van der Waals surface area contributed by atoms with Crippen LogP contribution in [0.25, 0.3) is 5.65 Å². The maximum atomic E-state index is 5.75. The standard InChI is InChI=1S/C12H10N4O/c1-9-4-2-3-5-10(9)17-12-11-15-14-8-16(11)7-6-13-12/h2-8H,1H3. The van der Waals surface area contributed by atoms with Crippen molar-refractivity contribution in [2.45, 2.75) is 6.92 Å². The van der Waals surface area contributed by atoms with Crippen molar-refractivity contribution < 1.29 is 4.74 Å². The van der Waals surface area contributed by atoms with Crippen LogP contribution in [0.1, 0.15) is 5.56 Å². The predicted octanol–water partition coefficient (Wildman–Crippen LogP) is 2.23. The fourth-order valence-electron chi connectivity index (χ4n) is 1.58. The molecule has 0 aliphatic rings. The van der Waals surface area contributed by atoms with Crippen LogP contribution in [0.4, 0.5) is 0 Å². The molecule has 0 aliphatic heterocycles. The van der Waals surface area contributed by atoms with E-state index >= 15 is 0 Å². The van der Waals surface area contributed by atoms with Gasteiger partial charge < -0.3 is 4.74 Å². The number of para-hydroxylation sites is 1. The Bertz CT molecular complexity index is 662. The van der Waals surface area contributed by atoms with Crippen LogP contribution in [0.5, 0.6) is 11.6 Å². The summed E-state index contributed by atoms with van der Waals surface area (Å²) < 4.78 is 7.51. The number of fused-ring (bicyclic) bond motifs is 1. The molecule has 84 valence electrons. The molecule has 3 aromatic rings. The molecule has 0 saturated heterocycles. The van der Waals surface area contributed by atoms with Gasteiger partial charge in [-0.15, -0.1) is 10.2 Å². The molecule has 17 heavy (non-hydrogen) atoms. The molecule has 0 aliphatic carbocycles. The summed E-state index contributed by atoms with van der Waals surface area (Å²) in [6.07, 6.45) is 5.05. The lowest BCUT2D eigenvalue weighted by Crippen LogP contribution is -1.94. The SMILES string of the molecule is Cc1ccccc1Oc1nccn2cnnc12. The summed E-state index contributed by atoms with van der Waals surface area (Å²) in [6.45, 7) is 1.99. The molecule has 0 atom stereocenters. The van der Waals surface area contributed by atoms with Crippen molar-refractivity contribution in [3.8, 4) is 11.6 Å². The van der Waals surface area contributed by atoms with E-state index in [9.17, 15) is 0 Å². The molecule has 0 spiro atoms. The molecule has 0 saturated carbocycles. The first-order valence-corrected chi connectivity index (χ1v) is 5.22. The van der Waals surface area contributed by atoms with Gasteiger partial charge >= 0.3 is 0 Å². The second kappa shape index (κ2) is 3.86. The van der Waals surface area contributed by atoms with Gasteiger partial charge in [-0.25, -0.2) is 4.98 Å². The topological polar surface area (TPSA) is 52.3 Å². The van der Waals surface area contributed by atoms with Gasteiger partial charge in [0, 0.05) is 12.4 Å². The van der Waals surface area contributed by atoms with Crippen LogP contribution in [-0.4, -0.2) is 19.6 Å². The lowest BCUT2D eigenvalue weighted by Gasteiger charge is -2.07. The molecule has 0 bridgehead atoms. The molecule has 5 nitrogen and oxygen atoms in total. The summed E-state index contributed by atoms with van der Waals surface area (Å²) in [5.74, 6) is 1.23. The molecule has 0 fully saturated rings. The van der Waals surface area contributed by atoms with E-state index in [0.29, 0.717) is 11.5 Å². The first-order valence-electron chi connectivity index (χ1n) is 5.22. The van der Waals surface area contributed by atoms with Crippen LogP contribution in [0.15, 0.2) is 43.0 Å². The largest absolute Gasteiger partial charge is 0.436 e. The van der Waals surface area contributed by atoms with E-state index in [1.807, 2.05) is 31.2 Å². The van der Waals surface area contributed by atoms with Gasteiger partial charge in [0.2, 0.25) is 5.65 Å². The number of hydrogen-bond acceptors (Lipinski definition) is 4. The highest BCUT2D eigenvalue weighted by atomic mass is 16.5. The van der Waals surface area contributed by atoms with Crippen molar-refractivity contribution in [1.82, 2.24) is 19.6 Å². The normalized spacial score (nSPS) is 10.6. The zero-order valence-electron chi connectivity index (χ0n) is 9.24.